The number of anilines is 2. The first-order chi connectivity index (χ1) is 14.0. The number of hydrogen-bond donors (Lipinski definition) is 2. The predicted octanol–water partition coefficient (Wildman–Crippen LogP) is 4.82. The molecular weight excluding hydrogens is 417 g/mol. The fourth-order valence-electron chi connectivity index (χ4n) is 2.66. The van der Waals surface area contributed by atoms with Crippen LogP contribution >= 0.6 is 12.2 Å². The number of hydrogen-bond acceptors (Lipinski definition) is 5. The second kappa shape index (κ2) is 9.05. The van der Waals surface area contributed by atoms with Crippen molar-refractivity contribution in [1.29, 1.82) is 0 Å². The minimum atomic E-state index is -4.75. The fourth-order valence-corrected chi connectivity index (χ4v) is 2.77. The Balaban J connectivity index is 2.15. The normalized spacial score (nSPS) is 12.8. The van der Waals surface area contributed by atoms with Gasteiger partial charge in [-0.05, 0) is 55.5 Å². The number of nitrogens with one attached hydrogen (secondary N) is 1. The van der Waals surface area contributed by atoms with Crippen LogP contribution in [0.3, 0.4) is 0 Å². The summed E-state index contributed by atoms with van der Waals surface area (Å²) in [6.45, 7) is 7.96. The Kier molecular flexibility index (Phi) is 6.95. The summed E-state index contributed by atoms with van der Waals surface area (Å²) < 4.78 is 39.3. The number of benzene rings is 2. The van der Waals surface area contributed by atoms with Gasteiger partial charge < -0.3 is 15.3 Å². The number of aliphatic imine (C=N–C) groups is 1. The van der Waals surface area contributed by atoms with E-state index in [1.807, 2.05) is 0 Å². The zero-order valence-electron chi connectivity index (χ0n) is 16.0. The lowest BCUT2D eigenvalue weighted by Crippen LogP contribution is -2.48. The van der Waals surface area contributed by atoms with Gasteiger partial charge in [-0.1, -0.05) is 6.07 Å². The first kappa shape index (κ1) is 23.0. The van der Waals surface area contributed by atoms with Gasteiger partial charge in [-0.3, -0.25) is 4.79 Å². The third-order valence-electron chi connectivity index (χ3n) is 4.18. The van der Waals surface area contributed by atoms with E-state index in [4.69, 9.17) is 6.57 Å². The molecule has 0 fully saturated rings. The fraction of sp³-hybridized carbons (Fsp3) is 0.250. The molecule has 1 amide bonds. The Morgan fingerprint density at radius 2 is 1.93 bits per heavy atom. The van der Waals surface area contributed by atoms with E-state index in [1.165, 1.54) is 13.0 Å². The average molecular weight is 434 g/mol. The van der Waals surface area contributed by atoms with Gasteiger partial charge in [-0.15, -0.1) is 0 Å². The maximum absolute atomic E-state index is 13.1. The van der Waals surface area contributed by atoms with E-state index in [0.717, 1.165) is 6.07 Å². The van der Waals surface area contributed by atoms with Crippen molar-refractivity contribution in [1.82, 2.24) is 0 Å². The lowest BCUT2D eigenvalue weighted by Gasteiger charge is -2.29. The zero-order valence-corrected chi connectivity index (χ0v) is 16.8. The SMILES string of the molecule is [C-]#[N+]c1ccc(NC(=O)[C@](C)(O)CN(C)c2ccc(N=C=S)cc2)cc1C(F)(F)F. The molecule has 1 atom stereocenters. The van der Waals surface area contributed by atoms with Crippen molar-refractivity contribution in [2.45, 2.75) is 18.7 Å². The van der Waals surface area contributed by atoms with Crippen molar-refractivity contribution in [2.24, 2.45) is 4.99 Å². The number of carbonyl (C=O) groups is 1. The first-order valence-electron chi connectivity index (χ1n) is 8.49. The monoisotopic (exact) mass is 434 g/mol. The second-order valence-electron chi connectivity index (χ2n) is 6.65. The third-order valence-corrected chi connectivity index (χ3v) is 4.27. The molecule has 0 saturated heterocycles. The molecule has 0 spiro atoms. The number of aliphatic hydroxyl groups is 1. The molecule has 2 rings (SSSR count). The Hall–Kier alpha value is -3.25. The van der Waals surface area contributed by atoms with Crippen LogP contribution in [0, 0.1) is 6.57 Å². The van der Waals surface area contributed by atoms with Gasteiger partial charge in [0.25, 0.3) is 5.91 Å². The molecule has 6 nitrogen and oxygen atoms in total. The highest BCUT2D eigenvalue weighted by atomic mass is 32.1. The summed E-state index contributed by atoms with van der Waals surface area (Å²) in [6, 6.07) is 9.58. The summed E-state index contributed by atoms with van der Waals surface area (Å²) in [5, 5.41) is 15.1. The summed E-state index contributed by atoms with van der Waals surface area (Å²) >= 11 is 4.53. The maximum atomic E-state index is 13.1. The van der Waals surface area contributed by atoms with Crippen molar-refractivity contribution >= 4 is 46.0 Å². The van der Waals surface area contributed by atoms with Crippen molar-refractivity contribution < 1.29 is 23.1 Å². The van der Waals surface area contributed by atoms with Gasteiger partial charge in [0, 0.05) is 18.4 Å². The van der Waals surface area contributed by atoms with Crippen LogP contribution in [0.25, 0.3) is 4.85 Å². The molecule has 0 aliphatic heterocycles. The number of alkyl halides is 3. The molecule has 0 unspecified atom stereocenters. The van der Waals surface area contributed by atoms with Crippen LogP contribution in [-0.2, 0) is 11.0 Å². The van der Waals surface area contributed by atoms with Gasteiger partial charge in [-0.25, -0.2) is 4.85 Å². The number of thiocarbonyl (C=S) groups is 1. The standard InChI is InChI=1S/C20H17F3N4O2S/c1-19(29,11-27(3)15-7-4-13(5-8-15)25-12-30)18(28)26-14-6-9-17(24-2)16(10-14)20(21,22)23/h4-10,29H,11H2,1,3H3,(H,26,28)/t19-/m1/s1. The van der Waals surface area contributed by atoms with E-state index in [9.17, 15) is 23.1 Å². The van der Waals surface area contributed by atoms with E-state index in [-0.39, 0.29) is 12.2 Å². The highest BCUT2D eigenvalue weighted by Gasteiger charge is 2.35. The van der Waals surface area contributed by atoms with Gasteiger partial charge in [0.05, 0.1) is 29.5 Å². The predicted molar refractivity (Wildman–Crippen MR) is 111 cm³/mol. The first-order valence-corrected chi connectivity index (χ1v) is 8.90. The quantitative estimate of drug-likeness (QED) is 0.389. The van der Waals surface area contributed by atoms with E-state index >= 15 is 0 Å². The molecule has 30 heavy (non-hydrogen) atoms. The minimum Gasteiger partial charge on any atom is -0.378 e. The summed E-state index contributed by atoms with van der Waals surface area (Å²) in [5.41, 5.74) is -2.57. The van der Waals surface area contributed by atoms with Gasteiger partial charge in [0.1, 0.15) is 0 Å². The van der Waals surface area contributed by atoms with Crippen molar-refractivity contribution in [2.75, 3.05) is 23.8 Å². The summed E-state index contributed by atoms with van der Waals surface area (Å²) in [4.78, 5) is 20.8. The van der Waals surface area contributed by atoms with E-state index in [0.29, 0.717) is 17.4 Å². The smallest absolute Gasteiger partial charge is 0.378 e. The van der Waals surface area contributed by atoms with Crippen LogP contribution in [0.5, 0.6) is 0 Å². The lowest BCUT2D eigenvalue weighted by molar-refractivity contribution is -0.137. The highest BCUT2D eigenvalue weighted by molar-refractivity contribution is 7.78. The van der Waals surface area contributed by atoms with Crippen LogP contribution in [-0.4, -0.2) is 35.4 Å². The average Bonchev–Trinajstić information content (AvgIpc) is 2.67. The van der Waals surface area contributed by atoms with E-state index < -0.39 is 28.9 Å². The van der Waals surface area contributed by atoms with Crippen molar-refractivity contribution in [3.63, 3.8) is 0 Å². The Morgan fingerprint density at radius 1 is 1.30 bits per heavy atom. The van der Waals surface area contributed by atoms with Crippen LogP contribution in [0.1, 0.15) is 12.5 Å². The molecule has 156 valence electrons. The summed E-state index contributed by atoms with van der Waals surface area (Å²) in [6.07, 6.45) is -4.75. The minimum absolute atomic E-state index is 0.138. The molecule has 2 aromatic rings. The summed E-state index contributed by atoms with van der Waals surface area (Å²) in [7, 11) is 1.64. The maximum Gasteiger partial charge on any atom is 0.407 e. The number of rotatable bonds is 6. The molecule has 2 N–H and O–H groups in total. The Bertz CT molecular complexity index is 1020. The van der Waals surface area contributed by atoms with Crippen LogP contribution < -0.4 is 10.2 Å². The lowest BCUT2D eigenvalue weighted by atomic mass is 10.0. The molecule has 0 aliphatic carbocycles. The molecule has 0 saturated carbocycles. The molecular formula is C20H17F3N4O2S. The van der Waals surface area contributed by atoms with Gasteiger partial charge >= 0.3 is 6.18 Å². The van der Waals surface area contributed by atoms with Gasteiger partial charge in [-0.2, -0.15) is 18.2 Å². The number of isothiocyanates is 1. The number of halogens is 3. The molecule has 2 aromatic carbocycles. The number of amides is 1. The van der Waals surface area contributed by atoms with Gasteiger partial charge in [0.2, 0.25) is 0 Å². The number of carbonyl (C=O) groups excluding carboxylic acids is 1. The third kappa shape index (κ3) is 5.64. The van der Waals surface area contributed by atoms with E-state index in [1.54, 1.807) is 36.2 Å². The Morgan fingerprint density at radius 3 is 2.47 bits per heavy atom. The molecule has 0 aromatic heterocycles. The topological polar surface area (TPSA) is 69.3 Å². The zero-order chi connectivity index (χ0) is 22.5. The molecule has 0 bridgehead atoms. The van der Waals surface area contributed by atoms with Crippen LogP contribution in [0.2, 0.25) is 0 Å². The second-order valence-corrected chi connectivity index (χ2v) is 6.83. The van der Waals surface area contributed by atoms with Crippen molar-refractivity contribution in [3.05, 3.63) is 59.4 Å². The molecule has 0 radical (unpaired) electrons. The highest BCUT2D eigenvalue weighted by Crippen LogP contribution is 2.38. The van der Waals surface area contributed by atoms with Crippen molar-refractivity contribution in [3.8, 4) is 0 Å². The van der Waals surface area contributed by atoms with Gasteiger partial charge in [0.15, 0.2) is 11.3 Å². The Labute approximate surface area is 176 Å². The largest absolute Gasteiger partial charge is 0.407 e. The number of nitrogens with zero attached hydrogens (tertiary/aromatic N) is 3. The molecule has 0 aliphatic rings. The molecule has 10 heteroatoms. The van der Waals surface area contributed by atoms with Crippen LogP contribution in [0.4, 0.5) is 35.9 Å². The van der Waals surface area contributed by atoms with E-state index in [2.05, 4.69) is 32.5 Å². The molecule has 0 heterocycles. The summed E-state index contributed by atoms with van der Waals surface area (Å²) in [5.74, 6) is -0.889. The van der Waals surface area contributed by atoms with Crippen LogP contribution in [0.15, 0.2) is 47.5 Å². The number of likely N-dealkylation sites (N-methyl/N-ethyl adjacent to an activating group) is 1.